The highest BCUT2D eigenvalue weighted by molar-refractivity contribution is 5.81. The highest BCUT2D eigenvalue weighted by Gasteiger charge is 2.11. The van der Waals surface area contributed by atoms with Crippen LogP contribution in [0.25, 0.3) is 0 Å². The van der Waals surface area contributed by atoms with Crippen molar-refractivity contribution in [3.8, 4) is 0 Å². The largest absolute Gasteiger partial charge is 0.395 e. The Bertz CT molecular complexity index is 630. The molecule has 0 atom stereocenters. The molecule has 0 saturated heterocycles. The predicted molar refractivity (Wildman–Crippen MR) is 83.9 cm³/mol. The zero-order valence-corrected chi connectivity index (χ0v) is 12.5. The number of aliphatic hydroxyl groups is 1. The van der Waals surface area contributed by atoms with E-state index >= 15 is 0 Å². The molecule has 0 radical (unpaired) electrons. The number of hydrogen-bond donors (Lipinski definition) is 2. The van der Waals surface area contributed by atoms with Gasteiger partial charge in [-0.15, -0.1) is 0 Å². The first kappa shape index (κ1) is 16.9. The molecule has 6 heteroatoms. The van der Waals surface area contributed by atoms with Crippen molar-refractivity contribution in [3.05, 3.63) is 65.7 Å². The Morgan fingerprint density at radius 3 is 2.35 bits per heavy atom. The number of nitrogens with one attached hydrogen (secondary N) is 1. The molecule has 0 fully saturated rings. The molecule has 2 rings (SSSR count). The average molecular weight is 320 g/mol. The van der Waals surface area contributed by atoms with Crippen LogP contribution in [0.5, 0.6) is 0 Å². The van der Waals surface area contributed by atoms with E-state index in [1.165, 1.54) is 12.1 Å². The fraction of sp³-hybridized carbons (Fsp3) is 0.235. The molecule has 122 valence electrons. The number of rotatable bonds is 7. The van der Waals surface area contributed by atoms with Crippen molar-refractivity contribution < 1.29 is 18.7 Å². The lowest BCUT2D eigenvalue weighted by atomic mass is 10.2. The van der Waals surface area contributed by atoms with Crippen molar-refractivity contribution in [2.75, 3.05) is 24.6 Å². The molecule has 4 nitrogen and oxygen atoms in total. The number of halogens is 2. The van der Waals surface area contributed by atoms with E-state index in [9.17, 15) is 13.6 Å². The Kier molecular flexibility index (Phi) is 6.05. The Hall–Kier alpha value is -2.47. The predicted octanol–water partition coefficient (Wildman–Crippen LogP) is 2.08. The van der Waals surface area contributed by atoms with E-state index in [1.54, 1.807) is 4.90 Å². The van der Waals surface area contributed by atoms with Gasteiger partial charge < -0.3 is 15.3 Å². The van der Waals surface area contributed by atoms with E-state index < -0.39 is 11.6 Å². The molecule has 1 amide bonds. The molecule has 2 N–H and O–H groups in total. The van der Waals surface area contributed by atoms with Gasteiger partial charge in [0, 0.05) is 24.8 Å². The molecule has 0 bridgehead atoms. The van der Waals surface area contributed by atoms with E-state index in [2.05, 4.69) is 5.32 Å². The van der Waals surface area contributed by atoms with Crippen LogP contribution in [0.2, 0.25) is 0 Å². The number of aliphatic hydroxyl groups excluding tert-OH is 1. The lowest BCUT2D eigenvalue weighted by Gasteiger charge is -2.23. The zero-order chi connectivity index (χ0) is 16.7. The number of carbonyl (C=O) groups excluding carboxylic acids is 1. The highest BCUT2D eigenvalue weighted by atomic mass is 19.1. The van der Waals surface area contributed by atoms with Crippen LogP contribution in [-0.2, 0) is 11.3 Å². The Labute approximate surface area is 133 Å². The maximum absolute atomic E-state index is 13.1. The van der Waals surface area contributed by atoms with Gasteiger partial charge in [0.2, 0.25) is 5.91 Å². The number of hydrogen-bond acceptors (Lipinski definition) is 3. The van der Waals surface area contributed by atoms with Crippen molar-refractivity contribution in [2.24, 2.45) is 0 Å². The van der Waals surface area contributed by atoms with Gasteiger partial charge in [-0.05, 0) is 29.8 Å². The summed E-state index contributed by atoms with van der Waals surface area (Å²) < 4.78 is 26.2. The molecule has 0 spiro atoms. The van der Waals surface area contributed by atoms with Gasteiger partial charge in [-0.1, -0.05) is 18.2 Å². The molecule has 0 aliphatic carbocycles. The van der Waals surface area contributed by atoms with Crippen LogP contribution in [0.1, 0.15) is 5.56 Å². The molecule has 0 aliphatic heterocycles. The maximum Gasteiger partial charge on any atom is 0.239 e. The minimum absolute atomic E-state index is 0.0370. The molecule has 2 aromatic carbocycles. The average Bonchev–Trinajstić information content (AvgIpc) is 2.52. The van der Waals surface area contributed by atoms with Crippen molar-refractivity contribution in [3.63, 3.8) is 0 Å². The SMILES string of the molecule is O=C(CN(CCO)c1ccccc1)NCc1cc(F)cc(F)c1. The van der Waals surface area contributed by atoms with Crippen LogP contribution < -0.4 is 10.2 Å². The number of carbonyl (C=O) groups is 1. The number of anilines is 1. The van der Waals surface area contributed by atoms with Gasteiger partial charge in [-0.25, -0.2) is 8.78 Å². The molecule has 0 unspecified atom stereocenters. The second-order valence-electron chi connectivity index (χ2n) is 5.04. The first-order valence-corrected chi connectivity index (χ1v) is 7.21. The molecule has 0 aliphatic rings. The topological polar surface area (TPSA) is 52.6 Å². The molecule has 0 saturated carbocycles. The van der Waals surface area contributed by atoms with E-state index in [-0.39, 0.29) is 25.6 Å². The van der Waals surface area contributed by atoms with Gasteiger partial charge in [0.05, 0.1) is 13.2 Å². The summed E-state index contributed by atoms with van der Waals surface area (Å²) in [4.78, 5) is 13.7. The lowest BCUT2D eigenvalue weighted by molar-refractivity contribution is -0.119. The standard InChI is InChI=1S/C17H18F2N2O2/c18-14-8-13(9-15(19)10-14)11-20-17(23)12-21(6-7-22)16-4-2-1-3-5-16/h1-5,8-10,22H,6-7,11-12H2,(H,20,23). The lowest BCUT2D eigenvalue weighted by Crippen LogP contribution is -2.38. The van der Waals surface area contributed by atoms with E-state index in [1.807, 2.05) is 30.3 Å². The Balaban J connectivity index is 1.94. The van der Waals surface area contributed by atoms with Crippen molar-refractivity contribution >= 4 is 11.6 Å². The minimum Gasteiger partial charge on any atom is -0.395 e. The highest BCUT2D eigenvalue weighted by Crippen LogP contribution is 2.12. The first-order valence-electron chi connectivity index (χ1n) is 7.21. The second kappa shape index (κ2) is 8.24. The molecular formula is C17H18F2N2O2. The molecule has 2 aromatic rings. The maximum atomic E-state index is 13.1. The fourth-order valence-corrected chi connectivity index (χ4v) is 2.20. The molecule has 23 heavy (non-hydrogen) atoms. The van der Waals surface area contributed by atoms with Gasteiger partial charge in [0.15, 0.2) is 0 Å². The summed E-state index contributed by atoms with van der Waals surface area (Å²) in [5, 5.41) is 11.7. The minimum atomic E-state index is -0.680. The molecule has 0 aromatic heterocycles. The second-order valence-corrected chi connectivity index (χ2v) is 5.04. The summed E-state index contributed by atoms with van der Waals surface area (Å²) in [7, 11) is 0. The third kappa shape index (κ3) is 5.34. The summed E-state index contributed by atoms with van der Waals surface area (Å²) >= 11 is 0. The Morgan fingerprint density at radius 1 is 1.09 bits per heavy atom. The van der Waals surface area contributed by atoms with Gasteiger partial charge in [0.1, 0.15) is 11.6 Å². The Morgan fingerprint density at radius 2 is 1.74 bits per heavy atom. The van der Waals surface area contributed by atoms with Crippen LogP contribution in [0, 0.1) is 11.6 Å². The summed E-state index contributed by atoms with van der Waals surface area (Å²) in [6, 6.07) is 12.3. The van der Waals surface area contributed by atoms with Crippen LogP contribution in [0.4, 0.5) is 14.5 Å². The summed E-state index contributed by atoms with van der Waals surface area (Å²) in [5.74, 6) is -1.66. The fourth-order valence-electron chi connectivity index (χ4n) is 2.20. The number of benzene rings is 2. The van der Waals surface area contributed by atoms with Gasteiger partial charge in [-0.2, -0.15) is 0 Å². The number of amides is 1. The first-order chi connectivity index (χ1) is 11.1. The van der Waals surface area contributed by atoms with E-state index in [0.29, 0.717) is 12.1 Å². The van der Waals surface area contributed by atoms with Crippen molar-refractivity contribution in [1.29, 1.82) is 0 Å². The quantitative estimate of drug-likeness (QED) is 0.821. The third-order valence-electron chi connectivity index (χ3n) is 3.24. The monoisotopic (exact) mass is 320 g/mol. The smallest absolute Gasteiger partial charge is 0.239 e. The van der Waals surface area contributed by atoms with Gasteiger partial charge >= 0.3 is 0 Å². The number of nitrogens with zero attached hydrogens (tertiary/aromatic N) is 1. The zero-order valence-electron chi connectivity index (χ0n) is 12.5. The van der Waals surface area contributed by atoms with E-state index in [4.69, 9.17) is 5.11 Å². The summed E-state index contributed by atoms with van der Waals surface area (Å²) in [5.41, 5.74) is 1.16. The van der Waals surface area contributed by atoms with Gasteiger partial charge in [0.25, 0.3) is 0 Å². The summed E-state index contributed by atoms with van der Waals surface area (Å²) in [6.07, 6.45) is 0. The third-order valence-corrected chi connectivity index (χ3v) is 3.24. The summed E-state index contributed by atoms with van der Waals surface area (Å²) in [6.45, 7) is 0.306. The molecule has 0 heterocycles. The van der Waals surface area contributed by atoms with Gasteiger partial charge in [-0.3, -0.25) is 4.79 Å². The van der Waals surface area contributed by atoms with Crippen LogP contribution in [0.15, 0.2) is 48.5 Å². The van der Waals surface area contributed by atoms with E-state index in [0.717, 1.165) is 11.8 Å². The van der Waals surface area contributed by atoms with Crippen molar-refractivity contribution in [2.45, 2.75) is 6.54 Å². The van der Waals surface area contributed by atoms with Crippen LogP contribution >= 0.6 is 0 Å². The number of para-hydroxylation sites is 1. The molecular weight excluding hydrogens is 302 g/mol. The van der Waals surface area contributed by atoms with Crippen LogP contribution in [-0.4, -0.2) is 30.7 Å². The van der Waals surface area contributed by atoms with Crippen molar-refractivity contribution in [1.82, 2.24) is 5.32 Å². The van der Waals surface area contributed by atoms with Crippen LogP contribution in [0.3, 0.4) is 0 Å². The normalized spacial score (nSPS) is 10.4.